The zero-order chi connectivity index (χ0) is 16.8. The molecule has 2 amide bonds. The monoisotopic (exact) mass is 316 g/mol. The van der Waals surface area contributed by atoms with Gasteiger partial charge in [0.15, 0.2) is 0 Å². The Kier molecular flexibility index (Phi) is 6.20. The molecule has 0 saturated carbocycles. The predicted octanol–water partition coefficient (Wildman–Crippen LogP) is 3.74. The molecule has 0 fully saturated rings. The quantitative estimate of drug-likeness (QED) is 0.743. The van der Waals surface area contributed by atoms with E-state index in [1.165, 1.54) is 12.5 Å². The van der Waals surface area contributed by atoms with Crippen LogP contribution in [0.1, 0.15) is 70.0 Å². The summed E-state index contributed by atoms with van der Waals surface area (Å²) in [6.07, 6.45) is 6.52. The number of amides is 2. The molecule has 1 heterocycles. The first kappa shape index (κ1) is 17.5. The molecule has 0 saturated heterocycles. The van der Waals surface area contributed by atoms with Crippen LogP contribution in [0.15, 0.2) is 18.2 Å². The van der Waals surface area contributed by atoms with Crippen molar-refractivity contribution in [3.63, 3.8) is 0 Å². The minimum atomic E-state index is -0.522. The summed E-state index contributed by atoms with van der Waals surface area (Å²) in [7, 11) is 0. The molecular weight excluding hydrogens is 288 g/mol. The molecule has 4 heteroatoms. The van der Waals surface area contributed by atoms with Crippen LogP contribution in [0.5, 0.6) is 0 Å². The fourth-order valence-electron chi connectivity index (χ4n) is 3.12. The SMILES string of the molecule is CCCCCN1C(=O)C(NC(C)=O)c2cc(CCCC)ccc21. The van der Waals surface area contributed by atoms with Crippen molar-refractivity contribution in [1.82, 2.24) is 5.32 Å². The largest absolute Gasteiger partial charge is 0.341 e. The molecule has 1 aromatic rings. The van der Waals surface area contributed by atoms with Crippen molar-refractivity contribution in [3.05, 3.63) is 29.3 Å². The first-order chi connectivity index (χ1) is 11.1. The van der Waals surface area contributed by atoms with Crippen LogP contribution in [0.4, 0.5) is 5.69 Å². The van der Waals surface area contributed by atoms with Crippen LogP contribution in [-0.4, -0.2) is 18.4 Å². The van der Waals surface area contributed by atoms with Crippen molar-refractivity contribution in [3.8, 4) is 0 Å². The number of benzene rings is 1. The second-order valence-electron chi connectivity index (χ2n) is 6.33. The molecule has 0 spiro atoms. The van der Waals surface area contributed by atoms with Gasteiger partial charge >= 0.3 is 0 Å². The Morgan fingerprint density at radius 3 is 2.57 bits per heavy atom. The fourth-order valence-corrected chi connectivity index (χ4v) is 3.12. The van der Waals surface area contributed by atoms with Crippen molar-refractivity contribution in [2.45, 2.75) is 65.3 Å². The Balaban J connectivity index is 2.27. The zero-order valence-electron chi connectivity index (χ0n) is 14.5. The van der Waals surface area contributed by atoms with Gasteiger partial charge in [0.1, 0.15) is 6.04 Å². The van der Waals surface area contributed by atoms with Gasteiger partial charge in [0, 0.05) is 24.7 Å². The molecule has 2 rings (SSSR count). The summed E-state index contributed by atoms with van der Waals surface area (Å²) in [5.74, 6) is -0.164. The molecule has 0 bridgehead atoms. The molecule has 1 aromatic carbocycles. The highest BCUT2D eigenvalue weighted by Gasteiger charge is 2.37. The molecule has 1 N–H and O–H groups in total. The van der Waals surface area contributed by atoms with Gasteiger partial charge in [-0.05, 0) is 30.9 Å². The first-order valence-electron chi connectivity index (χ1n) is 8.79. The van der Waals surface area contributed by atoms with Gasteiger partial charge in [-0.1, -0.05) is 45.2 Å². The van der Waals surface area contributed by atoms with Crippen LogP contribution in [-0.2, 0) is 16.0 Å². The van der Waals surface area contributed by atoms with Crippen molar-refractivity contribution < 1.29 is 9.59 Å². The van der Waals surface area contributed by atoms with Gasteiger partial charge in [-0.3, -0.25) is 9.59 Å². The Labute approximate surface area is 139 Å². The van der Waals surface area contributed by atoms with Crippen molar-refractivity contribution in [2.75, 3.05) is 11.4 Å². The van der Waals surface area contributed by atoms with Gasteiger partial charge in [0.2, 0.25) is 5.91 Å². The summed E-state index contributed by atoms with van der Waals surface area (Å²) in [6, 6.07) is 5.74. The lowest BCUT2D eigenvalue weighted by molar-refractivity contribution is -0.126. The summed E-state index contributed by atoms with van der Waals surface area (Å²) in [4.78, 5) is 26.1. The Morgan fingerprint density at radius 2 is 1.91 bits per heavy atom. The van der Waals surface area contributed by atoms with Gasteiger partial charge < -0.3 is 10.2 Å². The fraction of sp³-hybridized carbons (Fsp3) is 0.579. The third kappa shape index (κ3) is 4.12. The van der Waals surface area contributed by atoms with Gasteiger partial charge in [0.05, 0.1) is 0 Å². The average Bonchev–Trinajstić information content (AvgIpc) is 2.78. The van der Waals surface area contributed by atoms with E-state index in [4.69, 9.17) is 0 Å². The normalized spacial score (nSPS) is 16.6. The van der Waals surface area contributed by atoms with Crippen LogP contribution in [0, 0.1) is 0 Å². The third-order valence-corrected chi connectivity index (χ3v) is 4.36. The van der Waals surface area contributed by atoms with E-state index < -0.39 is 6.04 Å². The van der Waals surface area contributed by atoms with Gasteiger partial charge in [-0.25, -0.2) is 0 Å². The van der Waals surface area contributed by atoms with Crippen LogP contribution in [0.25, 0.3) is 0 Å². The van der Waals surface area contributed by atoms with Crippen LogP contribution >= 0.6 is 0 Å². The second kappa shape index (κ2) is 8.14. The number of hydrogen-bond acceptors (Lipinski definition) is 2. The number of nitrogens with one attached hydrogen (secondary N) is 1. The Morgan fingerprint density at radius 1 is 1.17 bits per heavy atom. The van der Waals surface area contributed by atoms with E-state index in [1.807, 2.05) is 11.0 Å². The minimum absolute atomic E-state index is 0.000977. The molecule has 0 aromatic heterocycles. The summed E-state index contributed by atoms with van der Waals surface area (Å²) in [5, 5.41) is 2.82. The van der Waals surface area contributed by atoms with E-state index in [0.717, 1.165) is 56.3 Å². The van der Waals surface area contributed by atoms with Gasteiger partial charge in [-0.2, -0.15) is 0 Å². The van der Waals surface area contributed by atoms with E-state index in [2.05, 4.69) is 31.3 Å². The van der Waals surface area contributed by atoms with Gasteiger partial charge in [0.25, 0.3) is 5.91 Å². The minimum Gasteiger partial charge on any atom is -0.341 e. The highest BCUT2D eigenvalue weighted by molar-refractivity contribution is 6.06. The number of fused-ring (bicyclic) bond motifs is 1. The number of nitrogens with zero attached hydrogens (tertiary/aromatic N) is 1. The number of carbonyl (C=O) groups excluding carboxylic acids is 2. The molecule has 1 unspecified atom stereocenters. The molecule has 0 aliphatic carbocycles. The van der Waals surface area contributed by atoms with E-state index in [1.54, 1.807) is 0 Å². The summed E-state index contributed by atoms with van der Waals surface area (Å²) >= 11 is 0. The van der Waals surface area contributed by atoms with Gasteiger partial charge in [-0.15, -0.1) is 0 Å². The number of unbranched alkanes of at least 4 members (excludes halogenated alkanes) is 3. The van der Waals surface area contributed by atoms with Crippen LogP contribution < -0.4 is 10.2 Å². The molecule has 126 valence electrons. The predicted molar refractivity (Wildman–Crippen MR) is 93.5 cm³/mol. The van der Waals surface area contributed by atoms with Crippen molar-refractivity contribution in [1.29, 1.82) is 0 Å². The Hall–Kier alpha value is -1.84. The van der Waals surface area contributed by atoms with E-state index in [-0.39, 0.29) is 11.8 Å². The molecule has 1 atom stereocenters. The van der Waals surface area contributed by atoms with E-state index in [0.29, 0.717) is 0 Å². The number of hydrogen-bond donors (Lipinski definition) is 1. The van der Waals surface area contributed by atoms with E-state index in [9.17, 15) is 9.59 Å². The highest BCUT2D eigenvalue weighted by atomic mass is 16.2. The topological polar surface area (TPSA) is 49.4 Å². The van der Waals surface area contributed by atoms with Crippen molar-refractivity contribution >= 4 is 17.5 Å². The third-order valence-electron chi connectivity index (χ3n) is 4.36. The highest BCUT2D eigenvalue weighted by Crippen LogP contribution is 2.37. The lowest BCUT2D eigenvalue weighted by Gasteiger charge is -2.18. The molecule has 4 nitrogen and oxygen atoms in total. The molecular formula is C19H28N2O2. The summed E-state index contributed by atoms with van der Waals surface area (Å²) in [5.41, 5.74) is 3.16. The number of rotatable bonds is 8. The molecule has 23 heavy (non-hydrogen) atoms. The first-order valence-corrected chi connectivity index (χ1v) is 8.79. The maximum atomic E-state index is 12.7. The number of aryl methyl sites for hydroxylation is 1. The summed E-state index contributed by atoms with van der Waals surface area (Å²) in [6.45, 7) is 6.52. The lowest BCUT2D eigenvalue weighted by atomic mass is 10.0. The maximum Gasteiger partial charge on any atom is 0.254 e. The molecule has 0 radical (unpaired) electrons. The number of anilines is 1. The van der Waals surface area contributed by atoms with Crippen molar-refractivity contribution in [2.24, 2.45) is 0 Å². The lowest BCUT2D eigenvalue weighted by Crippen LogP contribution is -2.37. The summed E-state index contributed by atoms with van der Waals surface area (Å²) < 4.78 is 0. The molecule has 1 aliphatic rings. The number of carbonyl (C=O) groups is 2. The Bertz CT molecular complexity index is 568. The second-order valence-corrected chi connectivity index (χ2v) is 6.33. The van der Waals surface area contributed by atoms with Crippen LogP contribution in [0.2, 0.25) is 0 Å². The van der Waals surface area contributed by atoms with Crippen LogP contribution in [0.3, 0.4) is 0 Å². The maximum absolute atomic E-state index is 12.7. The zero-order valence-corrected chi connectivity index (χ0v) is 14.5. The van der Waals surface area contributed by atoms with E-state index >= 15 is 0 Å². The average molecular weight is 316 g/mol. The molecule has 1 aliphatic heterocycles. The smallest absolute Gasteiger partial charge is 0.254 e. The standard InChI is InChI=1S/C19H28N2O2/c1-4-6-8-12-21-17-11-10-15(9-7-5-2)13-16(17)18(19(21)23)20-14(3)22/h10-11,13,18H,4-9,12H2,1-3H3,(H,20,22).